The lowest BCUT2D eigenvalue weighted by Gasteiger charge is -2.34. The first-order valence-electron chi connectivity index (χ1n) is 7.58. The van der Waals surface area contributed by atoms with E-state index in [9.17, 15) is 9.59 Å². The van der Waals surface area contributed by atoms with Crippen LogP contribution in [0.3, 0.4) is 0 Å². The molecule has 0 aromatic rings. The van der Waals surface area contributed by atoms with Crippen LogP contribution in [-0.2, 0) is 9.59 Å². The first-order chi connectivity index (χ1) is 9.67. The first-order valence-corrected chi connectivity index (χ1v) is 7.58. The second-order valence-corrected chi connectivity index (χ2v) is 5.28. The minimum Gasteiger partial charge on any atom is -0.358 e. The molecule has 6 heteroatoms. The van der Waals surface area contributed by atoms with E-state index < -0.39 is 0 Å². The number of carbonyl (C=O) groups excluding carboxylic acids is 2. The number of likely N-dealkylation sites (N-methyl/N-ethyl adjacent to an activating group) is 1. The standard InChI is InChI=1S/C14H28N4O2/c1-16-13(19)12-17-8-10-18(11-9-17)14(20)6-4-2-3-5-7-15/h2-12,15H2,1H3,(H,16,19). The van der Waals surface area contributed by atoms with Gasteiger partial charge in [0.1, 0.15) is 0 Å². The van der Waals surface area contributed by atoms with Gasteiger partial charge in [-0.2, -0.15) is 0 Å². The van der Waals surface area contributed by atoms with Gasteiger partial charge >= 0.3 is 0 Å². The monoisotopic (exact) mass is 284 g/mol. The Kier molecular flexibility index (Phi) is 8.22. The van der Waals surface area contributed by atoms with Gasteiger partial charge in [0.15, 0.2) is 0 Å². The number of hydrogen-bond donors (Lipinski definition) is 2. The fourth-order valence-corrected chi connectivity index (χ4v) is 2.37. The molecule has 0 aromatic carbocycles. The molecular weight excluding hydrogens is 256 g/mol. The summed E-state index contributed by atoms with van der Waals surface area (Å²) in [6, 6.07) is 0. The van der Waals surface area contributed by atoms with Crippen molar-refractivity contribution in [2.24, 2.45) is 5.73 Å². The highest BCUT2D eigenvalue weighted by atomic mass is 16.2. The summed E-state index contributed by atoms with van der Waals surface area (Å²) in [5.41, 5.74) is 5.44. The number of amides is 2. The van der Waals surface area contributed by atoms with Crippen LogP contribution in [0.25, 0.3) is 0 Å². The molecule has 0 atom stereocenters. The zero-order chi connectivity index (χ0) is 14.8. The second-order valence-electron chi connectivity index (χ2n) is 5.28. The summed E-state index contributed by atoms with van der Waals surface area (Å²) in [7, 11) is 1.65. The number of carbonyl (C=O) groups is 2. The van der Waals surface area contributed by atoms with Crippen molar-refractivity contribution in [2.75, 3.05) is 46.3 Å². The van der Waals surface area contributed by atoms with Crippen molar-refractivity contribution in [2.45, 2.75) is 32.1 Å². The molecule has 6 nitrogen and oxygen atoms in total. The quantitative estimate of drug-likeness (QED) is 0.604. The van der Waals surface area contributed by atoms with Gasteiger partial charge in [-0.15, -0.1) is 0 Å². The van der Waals surface area contributed by atoms with Gasteiger partial charge < -0.3 is 16.0 Å². The Morgan fingerprint density at radius 2 is 1.70 bits per heavy atom. The van der Waals surface area contributed by atoms with Gasteiger partial charge in [0.2, 0.25) is 11.8 Å². The molecule has 0 aliphatic carbocycles. The van der Waals surface area contributed by atoms with Crippen LogP contribution in [-0.4, -0.2) is 67.9 Å². The molecule has 1 fully saturated rings. The minimum absolute atomic E-state index is 0.0321. The maximum atomic E-state index is 12.0. The highest BCUT2D eigenvalue weighted by molar-refractivity contribution is 5.78. The van der Waals surface area contributed by atoms with E-state index in [4.69, 9.17) is 5.73 Å². The topological polar surface area (TPSA) is 78.7 Å². The molecule has 1 aliphatic heterocycles. The second kappa shape index (κ2) is 9.72. The highest BCUT2D eigenvalue weighted by Crippen LogP contribution is 2.08. The third-order valence-corrected chi connectivity index (χ3v) is 3.72. The fraction of sp³-hybridized carbons (Fsp3) is 0.857. The molecule has 3 N–H and O–H groups in total. The molecule has 0 spiro atoms. The fourth-order valence-electron chi connectivity index (χ4n) is 2.37. The largest absolute Gasteiger partial charge is 0.358 e. The Morgan fingerprint density at radius 3 is 2.30 bits per heavy atom. The van der Waals surface area contributed by atoms with Crippen molar-refractivity contribution in [3.63, 3.8) is 0 Å². The molecular formula is C14H28N4O2. The third kappa shape index (κ3) is 6.34. The molecule has 0 aromatic heterocycles. The van der Waals surface area contributed by atoms with Gasteiger partial charge in [0.25, 0.3) is 0 Å². The first kappa shape index (κ1) is 16.9. The Hall–Kier alpha value is -1.14. The number of rotatable bonds is 8. The number of nitrogens with zero attached hydrogens (tertiary/aromatic N) is 2. The summed E-state index contributed by atoms with van der Waals surface area (Å²) < 4.78 is 0. The maximum Gasteiger partial charge on any atom is 0.233 e. The Bertz CT molecular complexity index is 302. The van der Waals surface area contributed by atoms with E-state index in [1.165, 1.54) is 0 Å². The van der Waals surface area contributed by atoms with E-state index >= 15 is 0 Å². The summed E-state index contributed by atoms with van der Waals surface area (Å²) in [4.78, 5) is 27.3. The predicted molar refractivity (Wildman–Crippen MR) is 79.2 cm³/mol. The molecule has 2 amide bonds. The third-order valence-electron chi connectivity index (χ3n) is 3.72. The lowest BCUT2D eigenvalue weighted by atomic mass is 10.1. The summed E-state index contributed by atoms with van der Waals surface area (Å²) in [6.45, 7) is 4.20. The zero-order valence-corrected chi connectivity index (χ0v) is 12.6. The summed E-state index contributed by atoms with van der Waals surface area (Å²) in [6.07, 6.45) is 4.84. The van der Waals surface area contributed by atoms with Gasteiger partial charge in [-0.1, -0.05) is 12.8 Å². The van der Waals surface area contributed by atoms with Crippen LogP contribution in [0.2, 0.25) is 0 Å². The van der Waals surface area contributed by atoms with Crippen LogP contribution in [0.15, 0.2) is 0 Å². The normalized spacial score (nSPS) is 16.2. The van der Waals surface area contributed by atoms with Crippen molar-refractivity contribution in [1.29, 1.82) is 0 Å². The Balaban J connectivity index is 2.14. The van der Waals surface area contributed by atoms with Gasteiger partial charge in [-0.3, -0.25) is 14.5 Å². The van der Waals surface area contributed by atoms with Crippen LogP contribution < -0.4 is 11.1 Å². The van der Waals surface area contributed by atoms with Crippen molar-refractivity contribution in [3.8, 4) is 0 Å². The van der Waals surface area contributed by atoms with Crippen LogP contribution in [0.4, 0.5) is 0 Å². The van der Waals surface area contributed by atoms with E-state index in [2.05, 4.69) is 10.2 Å². The molecule has 116 valence electrons. The van der Waals surface area contributed by atoms with Crippen LogP contribution in [0.1, 0.15) is 32.1 Å². The van der Waals surface area contributed by atoms with Crippen molar-refractivity contribution in [1.82, 2.24) is 15.1 Å². The number of nitrogens with one attached hydrogen (secondary N) is 1. The molecule has 20 heavy (non-hydrogen) atoms. The number of piperazine rings is 1. The molecule has 0 bridgehead atoms. The molecule has 1 saturated heterocycles. The SMILES string of the molecule is CNC(=O)CN1CCN(C(=O)CCCCCCN)CC1. The van der Waals surface area contributed by atoms with E-state index in [-0.39, 0.29) is 11.8 Å². The van der Waals surface area contributed by atoms with E-state index in [0.29, 0.717) is 13.0 Å². The highest BCUT2D eigenvalue weighted by Gasteiger charge is 2.21. The molecule has 0 unspecified atom stereocenters. The number of nitrogens with two attached hydrogens (primary N) is 1. The molecule has 1 aliphatic rings. The number of hydrogen-bond acceptors (Lipinski definition) is 4. The number of unbranched alkanes of at least 4 members (excludes halogenated alkanes) is 3. The zero-order valence-electron chi connectivity index (χ0n) is 12.6. The van der Waals surface area contributed by atoms with Gasteiger partial charge in [0, 0.05) is 39.6 Å². The minimum atomic E-state index is 0.0321. The van der Waals surface area contributed by atoms with E-state index in [1.807, 2.05) is 4.90 Å². The lowest BCUT2D eigenvalue weighted by Crippen LogP contribution is -2.50. The molecule has 0 saturated carbocycles. The summed E-state index contributed by atoms with van der Waals surface area (Å²) >= 11 is 0. The van der Waals surface area contributed by atoms with Gasteiger partial charge in [-0.05, 0) is 19.4 Å². The average molecular weight is 284 g/mol. The lowest BCUT2D eigenvalue weighted by molar-refractivity contribution is -0.133. The van der Waals surface area contributed by atoms with Gasteiger partial charge in [0.05, 0.1) is 6.54 Å². The van der Waals surface area contributed by atoms with E-state index in [0.717, 1.165) is 58.4 Å². The van der Waals surface area contributed by atoms with Crippen LogP contribution in [0, 0.1) is 0 Å². The van der Waals surface area contributed by atoms with Crippen molar-refractivity contribution < 1.29 is 9.59 Å². The Morgan fingerprint density at radius 1 is 1.05 bits per heavy atom. The van der Waals surface area contributed by atoms with Crippen LogP contribution in [0.5, 0.6) is 0 Å². The Labute approximate surface area is 121 Å². The summed E-state index contributed by atoms with van der Waals surface area (Å²) in [5.74, 6) is 0.280. The predicted octanol–water partition coefficient (Wildman–Crippen LogP) is -0.214. The van der Waals surface area contributed by atoms with Crippen LogP contribution >= 0.6 is 0 Å². The summed E-state index contributed by atoms with van der Waals surface area (Å²) in [5, 5.41) is 2.62. The van der Waals surface area contributed by atoms with E-state index in [1.54, 1.807) is 7.05 Å². The van der Waals surface area contributed by atoms with Gasteiger partial charge in [-0.25, -0.2) is 0 Å². The van der Waals surface area contributed by atoms with Crippen molar-refractivity contribution in [3.05, 3.63) is 0 Å². The molecule has 1 rings (SSSR count). The smallest absolute Gasteiger partial charge is 0.233 e. The van der Waals surface area contributed by atoms with Crippen molar-refractivity contribution >= 4 is 11.8 Å². The average Bonchev–Trinajstić information content (AvgIpc) is 2.47. The molecule has 0 radical (unpaired) electrons. The molecule has 1 heterocycles. The maximum absolute atomic E-state index is 12.0.